The second-order valence-corrected chi connectivity index (χ2v) is 8.83. The molecule has 0 aliphatic carbocycles. The molecule has 0 saturated carbocycles. The molecule has 178 valence electrons. The van der Waals surface area contributed by atoms with Crippen LogP contribution in [-0.4, -0.2) is 35.7 Å². The summed E-state index contributed by atoms with van der Waals surface area (Å²) in [4.78, 5) is 12.9. The van der Waals surface area contributed by atoms with Crippen LogP contribution in [0.1, 0.15) is 15.9 Å². The molecule has 8 nitrogen and oxygen atoms in total. The number of methoxy groups -OCH3 is 3. The van der Waals surface area contributed by atoms with Crippen LogP contribution in [0.4, 0.5) is 11.4 Å². The van der Waals surface area contributed by atoms with Gasteiger partial charge in [-0.2, -0.15) is 0 Å². The Labute approximate surface area is 199 Å². The molecule has 0 radical (unpaired) electrons. The summed E-state index contributed by atoms with van der Waals surface area (Å²) in [6.07, 6.45) is 2.17. The van der Waals surface area contributed by atoms with Crippen molar-refractivity contribution in [1.29, 1.82) is 0 Å². The molecule has 0 unspecified atom stereocenters. The fourth-order valence-corrected chi connectivity index (χ4v) is 4.47. The summed E-state index contributed by atoms with van der Waals surface area (Å²) in [5.74, 6) is 0.886. The number of carbonyl (C=O) groups excluding carboxylic acids is 1. The van der Waals surface area contributed by atoms with Crippen molar-refractivity contribution >= 4 is 27.3 Å². The van der Waals surface area contributed by atoms with Gasteiger partial charge in [0.2, 0.25) is 0 Å². The van der Waals surface area contributed by atoms with Gasteiger partial charge in [-0.05, 0) is 48.9 Å². The number of allylic oxidation sites excluding steroid dienone is 1. The summed E-state index contributed by atoms with van der Waals surface area (Å²) in [7, 11) is 0.534. The quantitative estimate of drug-likeness (QED) is 0.413. The maximum atomic E-state index is 13.0. The van der Waals surface area contributed by atoms with Crippen LogP contribution < -0.4 is 24.2 Å². The third-order valence-corrected chi connectivity index (χ3v) is 6.30. The largest absolute Gasteiger partial charge is 0.495 e. The van der Waals surface area contributed by atoms with Gasteiger partial charge in [-0.25, -0.2) is 8.42 Å². The lowest BCUT2D eigenvalue weighted by Crippen LogP contribution is -2.16. The van der Waals surface area contributed by atoms with E-state index in [1.165, 1.54) is 33.5 Å². The van der Waals surface area contributed by atoms with Gasteiger partial charge in [0.25, 0.3) is 15.9 Å². The first kappa shape index (κ1) is 24.7. The summed E-state index contributed by atoms with van der Waals surface area (Å²) >= 11 is 0. The summed E-state index contributed by atoms with van der Waals surface area (Å²) in [5, 5.41) is 2.74. The number of amides is 1. The van der Waals surface area contributed by atoms with Crippen LogP contribution in [0.3, 0.4) is 0 Å². The Bertz CT molecular complexity index is 1300. The van der Waals surface area contributed by atoms with Crippen LogP contribution in [-0.2, 0) is 16.4 Å². The fourth-order valence-electron chi connectivity index (χ4n) is 3.36. The first-order valence-corrected chi connectivity index (χ1v) is 11.7. The summed E-state index contributed by atoms with van der Waals surface area (Å²) in [5.41, 5.74) is 1.68. The van der Waals surface area contributed by atoms with Gasteiger partial charge in [-0.15, -0.1) is 6.58 Å². The lowest BCUT2D eigenvalue weighted by Gasteiger charge is -2.15. The van der Waals surface area contributed by atoms with Crippen molar-refractivity contribution in [2.45, 2.75) is 11.3 Å². The highest BCUT2D eigenvalue weighted by molar-refractivity contribution is 7.92. The van der Waals surface area contributed by atoms with E-state index in [0.29, 0.717) is 40.6 Å². The molecule has 2 N–H and O–H groups in total. The van der Waals surface area contributed by atoms with Gasteiger partial charge in [0, 0.05) is 16.8 Å². The highest BCUT2D eigenvalue weighted by Gasteiger charge is 2.19. The summed E-state index contributed by atoms with van der Waals surface area (Å²) < 4.78 is 44.3. The van der Waals surface area contributed by atoms with Crippen LogP contribution in [0.2, 0.25) is 0 Å². The maximum absolute atomic E-state index is 13.0. The van der Waals surface area contributed by atoms with E-state index < -0.39 is 15.9 Å². The Hall–Kier alpha value is -3.98. The molecule has 1 amide bonds. The molecule has 0 fully saturated rings. The van der Waals surface area contributed by atoms with E-state index in [2.05, 4.69) is 16.6 Å². The van der Waals surface area contributed by atoms with Crippen molar-refractivity contribution in [3.63, 3.8) is 0 Å². The lowest BCUT2D eigenvalue weighted by molar-refractivity contribution is 0.102. The van der Waals surface area contributed by atoms with Crippen molar-refractivity contribution in [1.82, 2.24) is 0 Å². The Morgan fingerprint density at radius 3 is 2.35 bits per heavy atom. The third kappa shape index (κ3) is 5.49. The van der Waals surface area contributed by atoms with Crippen molar-refractivity contribution < 1.29 is 27.4 Å². The number of ether oxygens (including phenoxy) is 3. The second kappa shape index (κ2) is 10.8. The maximum Gasteiger partial charge on any atom is 0.262 e. The molecule has 0 atom stereocenters. The smallest absolute Gasteiger partial charge is 0.262 e. The molecule has 0 heterocycles. The van der Waals surface area contributed by atoms with Gasteiger partial charge in [0.1, 0.15) is 5.75 Å². The SMILES string of the molecule is C=CCc1cc(C(=O)Nc2cccc(S(=O)(=O)Nc3ccccc3OC)c2)cc(OC)c1OC. The van der Waals surface area contributed by atoms with E-state index in [1.807, 2.05) is 0 Å². The number of nitrogens with one attached hydrogen (secondary N) is 2. The standard InChI is InChI=1S/C25H26N2O6S/c1-5-9-17-14-18(15-23(32-3)24(17)33-4)25(28)26-19-10-8-11-20(16-19)34(29,30)27-21-12-6-7-13-22(21)31-2/h5-8,10-16,27H,1,9H2,2-4H3,(H,26,28). The molecule has 0 aliphatic heterocycles. The average Bonchev–Trinajstić information content (AvgIpc) is 2.84. The van der Waals surface area contributed by atoms with E-state index in [0.717, 1.165) is 5.56 Å². The molecular weight excluding hydrogens is 456 g/mol. The highest BCUT2D eigenvalue weighted by Crippen LogP contribution is 2.33. The zero-order valence-corrected chi connectivity index (χ0v) is 19.9. The number of hydrogen-bond donors (Lipinski definition) is 2. The Morgan fingerprint density at radius 2 is 1.68 bits per heavy atom. The monoisotopic (exact) mass is 482 g/mol. The van der Waals surface area contributed by atoms with Gasteiger partial charge in [0.05, 0.1) is 31.9 Å². The molecule has 9 heteroatoms. The van der Waals surface area contributed by atoms with Gasteiger partial charge in [-0.3, -0.25) is 9.52 Å². The van der Waals surface area contributed by atoms with Gasteiger partial charge >= 0.3 is 0 Å². The molecule has 3 aromatic rings. The number of para-hydroxylation sites is 2. The minimum Gasteiger partial charge on any atom is -0.495 e. The minimum absolute atomic E-state index is 0.0177. The Morgan fingerprint density at radius 1 is 0.941 bits per heavy atom. The van der Waals surface area contributed by atoms with Crippen LogP contribution in [0.5, 0.6) is 17.2 Å². The van der Waals surface area contributed by atoms with E-state index in [9.17, 15) is 13.2 Å². The van der Waals surface area contributed by atoms with Crippen molar-refractivity contribution in [3.8, 4) is 17.2 Å². The van der Waals surface area contributed by atoms with E-state index in [1.54, 1.807) is 54.6 Å². The second-order valence-electron chi connectivity index (χ2n) is 7.15. The third-order valence-electron chi connectivity index (χ3n) is 4.94. The van der Waals surface area contributed by atoms with Crippen LogP contribution in [0, 0.1) is 0 Å². The Balaban J connectivity index is 1.87. The topological polar surface area (TPSA) is 103 Å². The van der Waals surface area contributed by atoms with Crippen LogP contribution in [0.25, 0.3) is 0 Å². The summed E-state index contributed by atoms with van der Waals surface area (Å²) in [6, 6.07) is 15.9. The van der Waals surface area contributed by atoms with Crippen molar-refractivity contribution in [2.24, 2.45) is 0 Å². The van der Waals surface area contributed by atoms with Crippen molar-refractivity contribution in [2.75, 3.05) is 31.4 Å². The van der Waals surface area contributed by atoms with Crippen LogP contribution in [0.15, 0.2) is 78.2 Å². The molecule has 0 aromatic heterocycles. The van der Waals surface area contributed by atoms with Gasteiger partial charge < -0.3 is 19.5 Å². The molecule has 3 rings (SSSR count). The normalized spacial score (nSPS) is 10.8. The highest BCUT2D eigenvalue weighted by atomic mass is 32.2. The van der Waals surface area contributed by atoms with Crippen LogP contribution >= 0.6 is 0 Å². The van der Waals surface area contributed by atoms with E-state index >= 15 is 0 Å². The number of anilines is 2. The molecule has 0 saturated heterocycles. The minimum atomic E-state index is -3.93. The van der Waals surface area contributed by atoms with Gasteiger partial charge in [0.15, 0.2) is 11.5 Å². The summed E-state index contributed by atoms with van der Waals surface area (Å²) in [6.45, 7) is 3.74. The van der Waals surface area contributed by atoms with Gasteiger partial charge in [-0.1, -0.05) is 24.3 Å². The number of carbonyl (C=O) groups is 1. The molecule has 0 spiro atoms. The first-order chi connectivity index (χ1) is 16.3. The molecule has 0 aliphatic rings. The fraction of sp³-hybridized carbons (Fsp3) is 0.160. The number of sulfonamides is 1. The predicted molar refractivity (Wildman–Crippen MR) is 132 cm³/mol. The molecular formula is C25H26N2O6S. The predicted octanol–water partition coefficient (Wildman–Crippen LogP) is 4.49. The average molecular weight is 483 g/mol. The molecule has 3 aromatic carbocycles. The van der Waals surface area contributed by atoms with E-state index in [4.69, 9.17) is 14.2 Å². The number of benzene rings is 3. The number of hydrogen-bond acceptors (Lipinski definition) is 6. The molecule has 34 heavy (non-hydrogen) atoms. The van der Waals surface area contributed by atoms with E-state index in [-0.39, 0.29) is 4.90 Å². The Kier molecular flexibility index (Phi) is 7.80. The zero-order chi connectivity index (χ0) is 24.7. The van der Waals surface area contributed by atoms with Crippen molar-refractivity contribution in [3.05, 3.63) is 84.4 Å². The lowest BCUT2D eigenvalue weighted by atomic mass is 10.0. The molecule has 0 bridgehead atoms. The first-order valence-electron chi connectivity index (χ1n) is 10.3. The zero-order valence-electron chi connectivity index (χ0n) is 19.1. The number of rotatable bonds is 10.